The minimum absolute atomic E-state index is 0.401. The summed E-state index contributed by atoms with van der Waals surface area (Å²) in [6, 6.07) is 5.10. The Morgan fingerprint density at radius 2 is 1.54 bits per heavy atom. The molecule has 0 radical (unpaired) electrons. The number of nitrogens with one attached hydrogen (secondary N) is 1. The van der Waals surface area contributed by atoms with Crippen LogP contribution >= 0.6 is 0 Å². The smallest absolute Gasteiger partial charge is 0.426 e. The molecule has 0 unspecified atom stereocenters. The standard InChI is InChI=1S/C14H13F6NO5/c15-13(16,17)12(25,14(18,19)20)6-9(10(22)23)21-11(24)26-7-8-4-2-1-3-5-8/h1-5,9,25H,6-7H2,(H,21,24)(H,22,23)/t9-/m0/s1. The van der Waals surface area contributed by atoms with Gasteiger partial charge < -0.3 is 20.3 Å². The molecule has 0 bridgehead atoms. The van der Waals surface area contributed by atoms with Crippen LogP contribution in [0, 0.1) is 0 Å². The van der Waals surface area contributed by atoms with Crippen LogP contribution in [0.25, 0.3) is 0 Å². The maximum absolute atomic E-state index is 12.6. The summed E-state index contributed by atoms with van der Waals surface area (Å²) in [6.07, 6.45) is -16.4. The SMILES string of the molecule is O=C(N[C@@H](CC(O)(C(F)(F)F)C(F)(F)F)C(=O)O)OCc1ccccc1. The molecule has 0 aliphatic carbocycles. The minimum atomic E-state index is -6.21. The number of halogens is 6. The van der Waals surface area contributed by atoms with Crippen LogP contribution in [0.5, 0.6) is 0 Å². The lowest BCUT2D eigenvalue weighted by Crippen LogP contribution is -2.61. The van der Waals surface area contributed by atoms with Gasteiger partial charge in [0.05, 0.1) is 0 Å². The zero-order valence-electron chi connectivity index (χ0n) is 12.8. The molecular formula is C14H13F6NO5. The van der Waals surface area contributed by atoms with Gasteiger partial charge >= 0.3 is 24.4 Å². The highest BCUT2D eigenvalue weighted by atomic mass is 19.4. The lowest BCUT2D eigenvalue weighted by molar-refractivity contribution is -0.370. The summed E-state index contributed by atoms with van der Waals surface area (Å²) in [5.74, 6) is -2.21. The first-order valence-corrected chi connectivity index (χ1v) is 6.84. The van der Waals surface area contributed by atoms with Crippen molar-refractivity contribution >= 4 is 12.1 Å². The molecule has 26 heavy (non-hydrogen) atoms. The second-order valence-electron chi connectivity index (χ2n) is 5.16. The molecule has 12 heteroatoms. The third-order valence-corrected chi connectivity index (χ3v) is 3.24. The fourth-order valence-electron chi connectivity index (χ4n) is 1.79. The maximum Gasteiger partial charge on any atom is 0.426 e. The first-order valence-electron chi connectivity index (χ1n) is 6.84. The maximum atomic E-state index is 12.6. The number of benzene rings is 1. The summed E-state index contributed by atoms with van der Waals surface area (Å²) in [5.41, 5.74) is -4.88. The van der Waals surface area contributed by atoms with E-state index in [-0.39, 0.29) is 0 Å². The number of alkyl carbamates (subject to hydrolysis) is 1. The number of carboxylic acid groups (broad SMARTS) is 1. The molecule has 0 heterocycles. The fourth-order valence-corrected chi connectivity index (χ4v) is 1.79. The number of ether oxygens (including phenoxy) is 1. The highest BCUT2D eigenvalue weighted by molar-refractivity contribution is 5.80. The predicted molar refractivity (Wildman–Crippen MR) is 72.9 cm³/mol. The van der Waals surface area contributed by atoms with Gasteiger partial charge in [0.25, 0.3) is 5.60 Å². The summed E-state index contributed by atoms with van der Waals surface area (Å²) in [4.78, 5) is 22.4. The number of carbonyl (C=O) groups excluding carboxylic acids is 1. The Bertz CT molecular complexity index is 617. The molecule has 1 aromatic rings. The molecule has 1 rings (SSSR count). The molecule has 0 aliphatic heterocycles. The molecule has 6 nitrogen and oxygen atoms in total. The number of carbonyl (C=O) groups is 2. The average molecular weight is 389 g/mol. The summed E-state index contributed by atoms with van der Waals surface area (Å²) in [6.45, 7) is -0.401. The molecule has 0 aliphatic rings. The zero-order valence-corrected chi connectivity index (χ0v) is 12.8. The Hall–Kier alpha value is -2.50. The topological polar surface area (TPSA) is 95.9 Å². The number of amides is 1. The van der Waals surface area contributed by atoms with Gasteiger partial charge in [-0.15, -0.1) is 0 Å². The normalized spacial score (nSPS) is 13.8. The van der Waals surface area contributed by atoms with Gasteiger partial charge in [0, 0.05) is 6.42 Å². The van der Waals surface area contributed by atoms with Crippen LogP contribution in [0.15, 0.2) is 30.3 Å². The first-order chi connectivity index (χ1) is 11.8. The number of carboxylic acids is 1. The summed E-state index contributed by atoms with van der Waals surface area (Å²) in [5, 5.41) is 19.2. The monoisotopic (exact) mass is 389 g/mol. The van der Waals surface area contributed by atoms with Gasteiger partial charge in [-0.1, -0.05) is 30.3 Å². The van der Waals surface area contributed by atoms with E-state index in [4.69, 9.17) is 10.2 Å². The Morgan fingerprint density at radius 3 is 1.96 bits per heavy atom. The van der Waals surface area contributed by atoms with Crippen LogP contribution in [0.4, 0.5) is 31.1 Å². The van der Waals surface area contributed by atoms with Crippen molar-refractivity contribution in [1.29, 1.82) is 0 Å². The number of aliphatic carboxylic acids is 1. The van der Waals surface area contributed by atoms with E-state index in [2.05, 4.69) is 4.74 Å². The third kappa shape index (κ3) is 5.25. The lowest BCUT2D eigenvalue weighted by atomic mass is 9.93. The zero-order chi connectivity index (χ0) is 20.2. The lowest BCUT2D eigenvalue weighted by Gasteiger charge is -2.34. The van der Waals surface area contributed by atoms with Crippen LogP contribution in [-0.2, 0) is 16.1 Å². The van der Waals surface area contributed by atoms with Crippen LogP contribution in [0.3, 0.4) is 0 Å². The van der Waals surface area contributed by atoms with Gasteiger partial charge in [0.1, 0.15) is 12.6 Å². The van der Waals surface area contributed by atoms with Gasteiger partial charge in [-0.3, -0.25) is 0 Å². The van der Waals surface area contributed by atoms with Crippen molar-refractivity contribution in [1.82, 2.24) is 5.32 Å². The van der Waals surface area contributed by atoms with Crippen LogP contribution in [-0.4, -0.2) is 46.3 Å². The molecule has 0 spiro atoms. The Kier molecular flexibility index (Phi) is 6.47. The summed E-state index contributed by atoms with van der Waals surface area (Å²) in [7, 11) is 0. The van der Waals surface area contributed by atoms with E-state index in [1.165, 1.54) is 17.4 Å². The third-order valence-electron chi connectivity index (χ3n) is 3.24. The largest absolute Gasteiger partial charge is 0.480 e. The second-order valence-corrected chi connectivity index (χ2v) is 5.16. The molecule has 0 saturated heterocycles. The highest BCUT2D eigenvalue weighted by Gasteiger charge is 2.71. The fraction of sp³-hybridized carbons (Fsp3) is 0.429. The van der Waals surface area contributed by atoms with E-state index in [0.717, 1.165) is 0 Å². The van der Waals surface area contributed by atoms with Crippen molar-refractivity contribution in [3.8, 4) is 0 Å². The van der Waals surface area contributed by atoms with Gasteiger partial charge in [-0.05, 0) is 5.56 Å². The summed E-state index contributed by atoms with van der Waals surface area (Å²) >= 11 is 0. The Morgan fingerprint density at radius 1 is 1.04 bits per heavy atom. The quantitative estimate of drug-likeness (QED) is 0.650. The molecule has 0 fully saturated rings. The van der Waals surface area contributed by atoms with E-state index in [0.29, 0.717) is 5.56 Å². The van der Waals surface area contributed by atoms with Crippen molar-refractivity contribution in [3.63, 3.8) is 0 Å². The van der Waals surface area contributed by atoms with Crippen molar-refractivity contribution in [3.05, 3.63) is 35.9 Å². The number of hydrogen-bond donors (Lipinski definition) is 3. The van der Waals surface area contributed by atoms with Crippen LogP contribution < -0.4 is 5.32 Å². The van der Waals surface area contributed by atoms with E-state index < -0.39 is 49.1 Å². The van der Waals surface area contributed by atoms with Gasteiger partial charge in [0.2, 0.25) is 0 Å². The molecule has 0 saturated carbocycles. The van der Waals surface area contributed by atoms with E-state index in [9.17, 15) is 35.9 Å². The number of rotatable bonds is 6. The van der Waals surface area contributed by atoms with Crippen molar-refractivity contribution in [2.75, 3.05) is 0 Å². The Balaban J connectivity index is 2.85. The minimum Gasteiger partial charge on any atom is -0.480 e. The van der Waals surface area contributed by atoms with Crippen molar-refractivity contribution in [2.24, 2.45) is 0 Å². The molecular weight excluding hydrogens is 376 g/mol. The van der Waals surface area contributed by atoms with E-state index in [1.807, 2.05) is 0 Å². The summed E-state index contributed by atoms with van der Waals surface area (Å²) < 4.78 is 80.3. The number of hydrogen-bond acceptors (Lipinski definition) is 4. The van der Waals surface area contributed by atoms with Crippen molar-refractivity contribution < 1.29 is 50.9 Å². The van der Waals surface area contributed by atoms with E-state index >= 15 is 0 Å². The number of aliphatic hydroxyl groups is 1. The van der Waals surface area contributed by atoms with Gasteiger partial charge in [-0.25, -0.2) is 9.59 Å². The molecule has 1 amide bonds. The van der Waals surface area contributed by atoms with Crippen LogP contribution in [0.2, 0.25) is 0 Å². The van der Waals surface area contributed by atoms with Gasteiger partial charge in [0.15, 0.2) is 0 Å². The molecule has 1 aromatic carbocycles. The first kappa shape index (κ1) is 21.5. The molecule has 146 valence electrons. The molecule has 3 N–H and O–H groups in total. The second kappa shape index (κ2) is 7.81. The number of alkyl halides is 6. The van der Waals surface area contributed by atoms with E-state index in [1.54, 1.807) is 18.2 Å². The molecule has 1 atom stereocenters. The predicted octanol–water partition coefficient (Wildman–Crippen LogP) is 2.61. The van der Waals surface area contributed by atoms with Crippen LogP contribution in [0.1, 0.15) is 12.0 Å². The average Bonchev–Trinajstić information content (AvgIpc) is 2.51. The Labute approximate surface area is 142 Å². The highest BCUT2D eigenvalue weighted by Crippen LogP contribution is 2.45. The van der Waals surface area contributed by atoms with Crippen molar-refractivity contribution in [2.45, 2.75) is 37.0 Å². The molecule has 0 aromatic heterocycles. The van der Waals surface area contributed by atoms with Gasteiger partial charge in [-0.2, -0.15) is 26.3 Å².